The first-order valence-corrected chi connectivity index (χ1v) is 11.9. The molecule has 0 saturated heterocycles. The van der Waals surface area contributed by atoms with Crippen molar-refractivity contribution >= 4 is 29.4 Å². The average Bonchev–Trinajstić information content (AvgIpc) is 2.84. The van der Waals surface area contributed by atoms with Gasteiger partial charge in [0.05, 0.1) is 32.5 Å². The number of esters is 2. The van der Waals surface area contributed by atoms with E-state index < -0.39 is 11.9 Å². The summed E-state index contributed by atoms with van der Waals surface area (Å²) < 4.78 is 21.6. The third kappa shape index (κ3) is 10.4. The molecule has 0 bridgehead atoms. The summed E-state index contributed by atoms with van der Waals surface area (Å²) in [5.74, 6) is 0.466. The van der Waals surface area contributed by atoms with Crippen LogP contribution < -0.4 is 20.9 Å². The van der Waals surface area contributed by atoms with Gasteiger partial charge >= 0.3 is 11.9 Å². The molecule has 4 N–H and O–H groups in total. The Balaban J connectivity index is 1.60. The number of anilines is 2. The average molecular weight is 485 g/mol. The Morgan fingerprint density at radius 2 is 1.51 bits per heavy atom. The molecular formula is C27H36N2O6. The molecule has 190 valence electrons. The van der Waals surface area contributed by atoms with Crippen LogP contribution in [0.15, 0.2) is 42.5 Å². The van der Waals surface area contributed by atoms with Crippen molar-refractivity contribution in [2.75, 3.05) is 38.4 Å². The lowest BCUT2D eigenvalue weighted by Gasteiger charge is -2.10. The van der Waals surface area contributed by atoms with Gasteiger partial charge in [0.15, 0.2) is 11.5 Å². The van der Waals surface area contributed by atoms with Crippen LogP contribution in [-0.4, -0.2) is 38.9 Å². The first kappa shape index (κ1) is 27.6. The fourth-order valence-electron chi connectivity index (χ4n) is 3.22. The molecule has 0 radical (unpaired) electrons. The lowest BCUT2D eigenvalue weighted by atomic mass is 10.2. The normalized spacial score (nSPS) is 10.8. The van der Waals surface area contributed by atoms with E-state index in [1.807, 2.05) is 18.2 Å². The highest BCUT2D eigenvalue weighted by Gasteiger charge is 2.09. The van der Waals surface area contributed by atoms with Crippen LogP contribution in [0.25, 0.3) is 6.08 Å². The number of nitrogens with two attached hydrogens (primary N) is 2. The molecule has 0 saturated carbocycles. The van der Waals surface area contributed by atoms with Crippen molar-refractivity contribution in [1.82, 2.24) is 0 Å². The molecule has 2 aromatic carbocycles. The van der Waals surface area contributed by atoms with E-state index in [1.54, 1.807) is 19.3 Å². The molecule has 0 aromatic heterocycles. The Morgan fingerprint density at radius 1 is 0.829 bits per heavy atom. The number of rotatable bonds is 15. The van der Waals surface area contributed by atoms with Gasteiger partial charge in [-0.2, -0.15) is 0 Å². The van der Waals surface area contributed by atoms with E-state index in [0.29, 0.717) is 48.3 Å². The molecule has 0 aliphatic carbocycles. The SMILES string of the molecule is CCCCOc1ccc(/C=C/C(=O)OCCCCCCOC(=O)c2cc(N)cc(N)c2)cc1OC. The number of methoxy groups -OCH3 is 1. The van der Waals surface area contributed by atoms with Gasteiger partial charge in [-0.3, -0.25) is 0 Å². The molecule has 0 aliphatic rings. The van der Waals surface area contributed by atoms with Gasteiger partial charge < -0.3 is 30.4 Å². The topological polar surface area (TPSA) is 123 Å². The van der Waals surface area contributed by atoms with Crippen LogP contribution in [0.4, 0.5) is 11.4 Å². The first-order chi connectivity index (χ1) is 16.9. The van der Waals surface area contributed by atoms with Gasteiger partial charge in [0.25, 0.3) is 0 Å². The Hall–Kier alpha value is -3.68. The maximum Gasteiger partial charge on any atom is 0.338 e. The molecule has 8 nitrogen and oxygen atoms in total. The van der Waals surface area contributed by atoms with Crippen LogP contribution >= 0.6 is 0 Å². The maximum atomic E-state index is 12.0. The lowest BCUT2D eigenvalue weighted by molar-refractivity contribution is -0.137. The number of hydrogen-bond acceptors (Lipinski definition) is 8. The number of unbranched alkanes of at least 4 members (excludes halogenated alkanes) is 4. The van der Waals surface area contributed by atoms with Crippen LogP contribution in [0, 0.1) is 0 Å². The maximum absolute atomic E-state index is 12.0. The summed E-state index contributed by atoms with van der Waals surface area (Å²) in [4.78, 5) is 24.0. The zero-order valence-corrected chi connectivity index (χ0v) is 20.6. The summed E-state index contributed by atoms with van der Waals surface area (Å²) in [5.41, 5.74) is 13.4. The Kier molecular flexibility index (Phi) is 12.0. The van der Waals surface area contributed by atoms with Gasteiger partial charge in [-0.1, -0.05) is 19.4 Å². The van der Waals surface area contributed by atoms with Crippen LogP contribution in [0.1, 0.15) is 61.4 Å². The summed E-state index contributed by atoms with van der Waals surface area (Å²) in [6.45, 7) is 3.38. The highest BCUT2D eigenvalue weighted by molar-refractivity contribution is 5.91. The monoisotopic (exact) mass is 484 g/mol. The Morgan fingerprint density at radius 3 is 2.17 bits per heavy atom. The predicted octanol–water partition coefficient (Wildman–Crippen LogP) is 5.01. The first-order valence-electron chi connectivity index (χ1n) is 11.9. The van der Waals surface area contributed by atoms with Gasteiger partial charge in [-0.25, -0.2) is 9.59 Å². The van der Waals surface area contributed by atoms with Gasteiger partial charge in [0, 0.05) is 17.5 Å². The van der Waals surface area contributed by atoms with Gasteiger partial charge in [-0.15, -0.1) is 0 Å². The van der Waals surface area contributed by atoms with E-state index >= 15 is 0 Å². The molecule has 35 heavy (non-hydrogen) atoms. The molecule has 0 spiro atoms. The van der Waals surface area contributed by atoms with E-state index in [1.165, 1.54) is 18.2 Å². The second-order valence-corrected chi connectivity index (χ2v) is 8.05. The standard InChI is InChI=1S/C27H36N2O6/c1-3-4-13-33-24-11-9-20(16-25(24)32-2)10-12-26(30)34-14-7-5-6-8-15-35-27(31)21-17-22(28)19-23(29)18-21/h9-12,16-19H,3-8,13-15,28-29H2,1-2H3/b12-10+. The van der Waals surface area contributed by atoms with E-state index in [0.717, 1.165) is 44.1 Å². The molecule has 0 amide bonds. The number of ether oxygens (including phenoxy) is 4. The molecular weight excluding hydrogens is 448 g/mol. The van der Waals surface area contributed by atoms with Crippen molar-refractivity contribution in [3.05, 3.63) is 53.6 Å². The molecule has 2 aromatic rings. The molecule has 0 heterocycles. The molecule has 0 fully saturated rings. The second-order valence-electron chi connectivity index (χ2n) is 8.05. The van der Waals surface area contributed by atoms with Crippen LogP contribution in [-0.2, 0) is 14.3 Å². The van der Waals surface area contributed by atoms with Crippen molar-refractivity contribution in [3.8, 4) is 11.5 Å². The highest BCUT2D eigenvalue weighted by Crippen LogP contribution is 2.28. The second kappa shape index (κ2) is 15.3. The summed E-state index contributed by atoms with van der Waals surface area (Å²) >= 11 is 0. The minimum atomic E-state index is -0.444. The number of carbonyl (C=O) groups is 2. The molecule has 2 rings (SSSR count). The minimum Gasteiger partial charge on any atom is -0.493 e. The van der Waals surface area contributed by atoms with Gasteiger partial charge in [-0.05, 0) is 74.1 Å². The molecule has 0 unspecified atom stereocenters. The lowest BCUT2D eigenvalue weighted by Crippen LogP contribution is -2.08. The smallest absolute Gasteiger partial charge is 0.338 e. The zero-order chi connectivity index (χ0) is 25.5. The molecule has 0 aliphatic heterocycles. The van der Waals surface area contributed by atoms with Crippen molar-refractivity contribution in [2.45, 2.75) is 45.4 Å². The third-order valence-corrected chi connectivity index (χ3v) is 5.08. The summed E-state index contributed by atoms with van der Waals surface area (Å²) in [5, 5.41) is 0. The fraction of sp³-hybridized carbons (Fsp3) is 0.407. The quantitative estimate of drug-likeness (QED) is 0.156. The van der Waals surface area contributed by atoms with E-state index in [4.69, 9.17) is 30.4 Å². The molecule has 0 atom stereocenters. The summed E-state index contributed by atoms with van der Waals surface area (Å²) in [6.07, 6.45) is 8.28. The number of benzene rings is 2. The van der Waals surface area contributed by atoms with Crippen molar-refractivity contribution in [1.29, 1.82) is 0 Å². The zero-order valence-electron chi connectivity index (χ0n) is 20.6. The third-order valence-electron chi connectivity index (χ3n) is 5.08. The van der Waals surface area contributed by atoms with Crippen LogP contribution in [0.5, 0.6) is 11.5 Å². The minimum absolute atomic E-state index is 0.307. The van der Waals surface area contributed by atoms with Gasteiger partial charge in [0.1, 0.15) is 0 Å². The Labute approximate surface area is 207 Å². The van der Waals surface area contributed by atoms with Gasteiger partial charge in [0.2, 0.25) is 0 Å². The van der Waals surface area contributed by atoms with E-state index in [2.05, 4.69) is 6.92 Å². The number of hydrogen-bond donors (Lipinski definition) is 2. The number of carbonyl (C=O) groups excluding carboxylic acids is 2. The van der Waals surface area contributed by atoms with E-state index in [-0.39, 0.29) is 0 Å². The summed E-state index contributed by atoms with van der Waals surface area (Å²) in [7, 11) is 1.59. The summed E-state index contributed by atoms with van der Waals surface area (Å²) in [6, 6.07) is 10.2. The number of nitrogen functional groups attached to an aromatic ring is 2. The highest BCUT2D eigenvalue weighted by atomic mass is 16.5. The van der Waals surface area contributed by atoms with E-state index in [9.17, 15) is 9.59 Å². The largest absolute Gasteiger partial charge is 0.493 e. The van der Waals surface area contributed by atoms with Crippen molar-refractivity contribution in [2.24, 2.45) is 0 Å². The fourth-order valence-corrected chi connectivity index (χ4v) is 3.22. The Bertz CT molecular complexity index is 969. The van der Waals surface area contributed by atoms with Crippen LogP contribution in [0.3, 0.4) is 0 Å². The molecule has 8 heteroatoms. The predicted molar refractivity (Wildman–Crippen MR) is 137 cm³/mol. The van der Waals surface area contributed by atoms with Crippen LogP contribution in [0.2, 0.25) is 0 Å². The van der Waals surface area contributed by atoms with Crippen molar-refractivity contribution < 1.29 is 28.5 Å². The van der Waals surface area contributed by atoms with Crippen molar-refractivity contribution in [3.63, 3.8) is 0 Å².